The molecule has 0 saturated heterocycles. The number of carbonyl (C=O) groups is 1. The van der Waals surface area contributed by atoms with Crippen LogP contribution in [0.4, 0.5) is 5.69 Å². The Morgan fingerprint density at radius 2 is 1.94 bits per heavy atom. The van der Waals surface area contributed by atoms with E-state index in [0.29, 0.717) is 19.0 Å². The van der Waals surface area contributed by atoms with E-state index in [1.807, 2.05) is 36.2 Å². The molecule has 0 spiro atoms. The van der Waals surface area contributed by atoms with Crippen LogP contribution in [-0.4, -0.2) is 30.9 Å². The molecule has 0 unspecified atom stereocenters. The van der Waals surface area contributed by atoms with Gasteiger partial charge in [-0.3, -0.25) is 9.69 Å². The molecule has 100 valence electrons. The number of carbonyl (C=O) groups excluding carboxylic acids is 1. The van der Waals surface area contributed by atoms with Crippen LogP contribution in [0.5, 0.6) is 0 Å². The second-order valence-electron chi connectivity index (χ2n) is 5.04. The number of nitrogens with two attached hydrogens (primary N) is 1. The number of nitrogens with one attached hydrogen (secondary N) is 1. The maximum atomic E-state index is 11.8. The van der Waals surface area contributed by atoms with Crippen LogP contribution in [-0.2, 0) is 11.3 Å². The molecule has 0 aliphatic rings. The Morgan fingerprint density at radius 1 is 1.33 bits per heavy atom. The molecule has 1 aromatic carbocycles. The van der Waals surface area contributed by atoms with Gasteiger partial charge in [0, 0.05) is 18.8 Å². The van der Waals surface area contributed by atoms with E-state index in [9.17, 15) is 4.79 Å². The summed E-state index contributed by atoms with van der Waals surface area (Å²) in [4.78, 5) is 13.8. The van der Waals surface area contributed by atoms with Crippen LogP contribution in [0.1, 0.15) is 19.4 Å². The van der Waals surface area contributed by atoms with Gasteiger partial charge in [0.15, 0.2) is 0 Å². The Hall–Kier alpha value is -1.39. The highest BCUT2D eigenvalue weighted by atomic mass is 16.2. The summed E-state index contributed by atoms with van der Waals surface area (Å²) in [5.41, 5.74) is 7.39. The highest BCUT2D eigenvalue weighted by Crippen LogP contribution is 2.09. The summed E-state index contributed by atoms with van der Waals surface area (Å²) >= 11 is 0. The van der Waals surface area contributed by atoms with E-state index in [1.165, 1.54) is 0 Å². The van der Waals surface area contributed by atoms with Gasteiger partial charge in [-0.2, -0.15) is 0 Å². The van der Waals surface area contributed by atoms with Gasteiger partial charge in [0.1, 0.15) is 0 Å². The lowest BCUT2D eigenvalue weighted by molar-refractivity contribution is -0.117. The maximum Gasteiger partial charge on any atom is 0.238 e. The number of anilines is 1. The molecule has 1 rings (SSSR count). The van der Waals surface area contributed by atoms with E-state index in [1.54, 1.807) is 0 Å². The summed E-state index contributed by atoms with van der Waals surface area (Å²) in [6.45, 7) is 6.13. The number of hydrogen-bond donors (Lipinski definition) is 2. The summed E-state index contributed by atoms with van der Waals surface area (Å²) in [5, 5.41) is 2.88. The van der Waals surface area contributed by atoms with E-state index in [0.717, 1.165) is 17.8 Å². The molecule has 3 N–H and O–H groups in total. The Labute approximate surface area is 109 Å². The Balaban J connectivity index is 2.43. The molecule has 1 aromatic rings. The normalized spacial score (nSPS) is 11.0. The van der Waals surface area contributed by atoms with E-state index in [4.69, 9.17) is 5.73 Å². The van der Waals surface area contributed by atoms with Crippen molar-refractivity contribution in [1.29, 1.82) is 0 Å². The fourth-order valence-electron chi connectivity index (χ4n) is 1.86. The maximum absolute atomic E-state index is 11.8. The molecular formula is C14H23N3O. The largest absolute Gasteiger partial charge is 0.326 e. The van der Waals surface area contributed by atoms with E-state index >= 15 is 0 Å². The van der Waals surface area contributed by atoms with Crippen molar-refractivity contribution in [3.8, 4) is 0 Å². The van der Waals surface area contributed by atoms with Gasteiger partial charge in [-0.1, -0.05) is 26.0 Å². The van der Waals surface area contributed by atoms with Gasteiger partial charge in [0.25, 0.3) is 0 Å². The molecule has 0 atom stereocenters. The van der Waals surface area contributed by atoms with Gasteiger partial charge in [0.05, 0.1) is 6.54 Å². The minimum atomic E-state index is 0.0126. The average Bonchev–Trinajstić information content (AvgIpc) is 2.28. The summed E-state index contributed by atoms with van der Waals surface area (Å²) in [5.74, 6) is 0.574. The number of amides is 1. The van der Waals surface area contributed by atoms with Gasteiger partial charge in [-0.05, 0) is 30.7 Å². The first-order valence-electron chi connectivity index (χ1n) is 6.28. The van der Waals surface area contributed by atoms with Gasteiger partial charge in [-0.15, -0.1) is 0 Å². The van der Waals surface area contributed by atoms with Crippen LogP contribution in [0.3, 0.4) is 0 Å². The molecule has 4 heteroatoms. The summed E-state index contributed by atoms with van der Waals surface area (Å²) in [7, 11) is 1.96. The van der Waals surface area contributed by atoms with E-state index in [-0.39, 0.29) is 5.91 Å². The Morgan fingerprint density at radius 3 is 2.44 bits per heavy atom. The molecule has 0 radical (unpaired) electrons. The molecule has 0 heterocycles. The SMILES string of the molecule is CC(C)CN(C)CC(=O)Nc1ccc(CN)cc1. The van der Waals surface area contributed by atoms with Crippen LogP contribution in [0.2, 0.25) is 0 Å². The summed E-state index contributed by atoms with van der Waals surface area (Å²) < 4.78 is 0. The van der Waals surface area contributed by atoms with Crippen LogP contribution in [0.15, 0.2) is 24.3 Å². The van der Waals surface area contributed by atoms with Crippen molar-refractivity contribution < 1.29 is 4.79 Å². The van der Waals surface area contributed by atoms with Crippen molar-refractivity contribution in [2.45, 2.75) is 20.4 Å². The highest BCUT2D eigenvalue weighted by molar-refractivity contribution is 5.92. The van der Waals surface area contributed by atoms with E-state index in [2.05, 4.69) is 19.2 Å². The fourth-order valence-corrected chi connectivity index (χ4v) is 1.86. The van der Waals surface area contributed by atoms with Gasteiger partial charge in [-0.25, -0.2) is 0 Å². The molecule has 0 aromatic heterocycles. The summed E-state index contributed by atoms with van der Waals surface area (Å²) in [6.07, 6.45) is 0. The number of rotatable bonds is 6. The van der Waals surface area contributed by atoms with Crippen LogP contribution < -0.4 is 11.1 Å². The molecule has 18 heavy (non-hydrogen) atoms. The predicted octanol–water partition coefficient (Wildman–Crippen LogP) is 1.67. The first-order valence-corrected chi connectivity index (χ1v) is 6.28. The number of benzene rings is 1. The standard InChI is InChI=1S/C14H23N3O/c1-11(2)9-17(3)10-14(18)16-13-6-4-12(8-15)5-7-13/h4-7,11H,8-10,15H2,1-3H3,(H,16,18). The second-order valence-corrected chi connectivity index (χ2v) is 5.04. The second kappa shape index (κ2) is 7.13. The first-order chi connectivity index (χ1) is 8.51. The monoisotopic (exact) mass is 249 g/mol. The highest BCUT2D eigenvalue weighted by Gasteiger charge is 2.08. The number of hydrogen-bond acceptors (Lipinski definition) is 3. The van der Waals surface area contributed by atoms with Crippen molar-refractivity contribution in [2.75, 3.05) is 25.5 Å². The first kappa shape index (κ1) is 14.7. The molecule has 0 saturated carbocycles. The van der Waals surface area contributed by atoms with Crippen LogP contribution in [0, 0.1) is 5.92 Å². The summed E-state index contributed by atoms with van der Waals surface area (Å²) in [6, 6.07) is 7.60. The third-order valence-corrected chi connectivity index (χ3v) is 2.56. The molecule has 0 aliphatic carbocycles. The third-order valence-electron chi connectivity index (χ3n) is 2.56. The minimum absolute atomic E-state index is 0.0126. The van der Waals surface area contributed by atoms with Crippen molar-refractivity contribution in [3.05, 3.63) is 29.8 Å². The van der Waals surface area contributed by atoms with E-state index < -0.39 is 0 Å². The fraction of sp³-hybridized carbons (Fsp3) is 0.500. The topological polar surface area (TPSA) is 58.4 Å². The molecule has 0 fully saturated rings. The third kappa shape index (κ3) is 5.29. The Bertz CT molecular complexity index is 373. The van der Waals surface area contributed by atoms with Gasteiger partial charge < -0.3 is 11.1 Å². The number of likely N-dealkylation sites (N-methyl/N-ethyl adjacent to an activating group) is 1. The number of nitrogens with zero attached hydrogens (tertiary/aromatic N) is 1. The zero-order valence-electron chi connectivity index (χ0n) is 11.4. The quantitative estimate of drug-likeness (QED) is 0.806. The van der Waals surface area contributed by atoms with Crippen molar-refractivity contribution in [2.24, 2.45) is 11.7 Å². The Kier molecular flexibility index (Phi) is 5.82. The molecule has 0 bridgehead atoms. The lowest BCUT2D eigenvalue weighted by Gasteiger charge is -2.18. The zero-order valence-corrected chi connectivity index (χ0v) is 11.4. The van der Waals surface area contributed by atoms with Crippen molar-refractivity contribution in [3.63, 3.8) is 0 Å². The minimum Gasteiger partial charge on any atom is -0.326 e. The van der Waals surface area contributed by atoms with Gasteiger partial charge in [0.2, 0.25) is 5.91 Å². The average molecular weight is 249 g/mol. The lowest BCUT2D eigenvalue weighted by atomic mass is 10.2. The van der Waals surface area contributed by atoms with Crippen molar-refractivity contribution >= 4 is 11.6 Å². The van der Waals surface area contributed by atoms with Crippen molar-refractivity contribution in [1.82, 2.24) is 4.90 Å². The molecule has 1 amide bonds. The van der Waals surface area contributed by atoms with Crippen LogP contribution >= 0.6 is 0 Å². The smallest absolute Gasteiger partial charge is 0.238 e. The molecule has 0 aliphatic heterocycles. The molecular weight excluding hydrogens is 226 g/mol. The van der Waals surface area contributed by atoms with Gasteiger partial charge >= 0.3 is 0 Å². The predicted molar refractivity (Wildman–Crippen MR) is 75.3 cm³/mol. The lowest BCUT2D eigenvalue weighted by Crippen LogP contribution is -2.32. The molecule has 4 nitrogen and oxygen atoms in total. The van der Waals surface area contributed by atoms with Crippen LogP contribution in [0.25, 0.3) is 0 Å². The zero-order chi connectivity index (χ0) is 13.5.